The van der Waals surface area contributed by atoms with E-state index in [4.69, 9.17) is 5.11 Å². The maximum absolute atomic E-state index is 12.2. The van der Waals surface area contributed by atoms with Gasteiger partial charge in [-0.25, -0.2) is 4.79 Å². The predicted octanol–water partition coefficient (Wildman–Crippen LogP) is 0.722. The number of nitrogens with zero attached hydrogens (tertiary/aromatic N) is 3. The molecule has 0 unspecified atom stereocenters. The number of nitrogens with one attached hydrogen (secondary N) is 1. The second kappa shape index (κ2) is 6.71. The molecule has 0 aliphatic carbocycles. The van der Waals surface area contributed by atoms with Crippen LogP contribution in [-0.2, 0) is 7.05 Å². The van der Waals surface area contributed by atoms with Crippen molar-refractivity contribution in [2.75, 3.05) is 19.6 Å². The van der Waals surface area contributed by atoms with Crippen LogP contribution in [0.1, 0.15) is 47.0 Å². The topological polar surface area (TPSA) is 87.5 Å². The fourth-order valence-electron chi connectivity index (χ4n) is 2.68. The van der Waals surface area contributed by atoms with Crippen molar-refractivity contribution in [3.63, 3.8) is 0 Å². The van der Waals surface area contributed by atoms with Gasteiger partial charge in [0.1, 0.15) is 5.56 Å². The molecule has 1 saturated heterocycles. The zero-order valence-corrected chi connectivity index (χ0v) is 12.5. The summed E-state index contributed by atoms with van der Waals surface area (Å²) in [6.45, 7) is 4.82. The molecule has 7 heteroatoms. The molecule has 2 heterocycles. The van der Waals surface area contributed by atoms with Crippen molar-refractivity contribution < 1.29 is 14.7 Å². The summed E-state index contributed by atoms with van der Waals surface area (Å²) in [7, 11) is 1.60. The van der Waals surface area contributed by atoms with Gasteiger partial charge in [0.05, 0.1) is 0 Å². The fraction of sp³-hybridized carbons (Fsp3) is 0.643. The number of carboxylic acids is 1. The molecule has 0 spiro atoms. The van der Waals surface area contributed by atoms with Crippen LogP contribution in [0.15, 0.2) is 6.20 Å². The van der Waals surface area contributed by atoms with Gasteiger partial charge in [0.2, 0.25) is 0 Å². The van der Waals surface area contributed by atoms with Crippen LogP contribution in [0, 0.1) is 0 Å². The SMILES string of the molecule is C[C@@H](CN1CCCCC1)NC(=O)c1nn(C)cc1C(=O)O. The molecule has 7 nitrogen and oxygen atoms in total. The molecule has 2 rings (SSSR count). The zero-order chi connectivity index (χ0) is 15.4. The Morgan fingerprint density at radius 1 is 1.38 bits per heavy atom. The van der Waals surface area contributed by atoms with Crippen LogP contribution >= 0.6 is 0 Å². The monoisotopic (exact) mass is 294 g/mol. The van der Waals surface area contributed by atoms with Crippen LogP contribution in [0.2, 0.25) is 0 Å². The molecule has 21 heavy (non-hydrogen) atoms. The highest BCUT2D eigenvalue weighted by Crippen LogP contribution is 2.10. The van der Waals surface area contributed by atoms with Gasteiger partial charge in [-0.15, -0.1) is 0 Å². The van der Waals surface area contributed by atoms with E-state index < -0.39 is 11.9 Å². The molecule has 1 amide bonds. The van der Waals surface area contributed by atoms with Gasteiger partial charge >= 0.3 is 5.97 Å². The molecule has 1 aliphatic heterocycles. The quantitative estimate of drug-likeness (QED) is 0.835. The van der Waals surface area contributed by atoms with Crippen LogP contribution in [0.3, 0.4) is 0 Å². The minimum absolute atomic E-state index is 0.0319. The third kappa shape index (κ3) is 4.04. The van der Waals surface area contributed by atoms with Gasteiger partial charge in [0.25, 0.3) is 5.91 Å². The number of carbonyl (C=O) groups excluding carboxylic acids is 1. The van der Waals surface area contributed by atoms with E-state index in [1.165, 1.54) is 30.1 Å². The second-order valence-corrected chi connectivity index (χ2v) is 5.61. The number of hydrogen-bond acceptors (Lipinski definition) is 4. The van der Waals surface area contributed by atoms with Crippen molar-refractivity contribution in [1.29, 1.82) is 0 Å². The number of likely N-dealkylation sites (tertiary alicyclic amines) is 1. The van der Waals surface area contributed by atoms with E-state index in [1.54, 1.807) is 7.05 Å². The Labute approximate surface area is 123 Å². The molecule has 1 atom stereocenters. The molecule has 1 aliphatic rings. The third-order valence-electron chi connectivity index (χ3n) is 3.63. The lowest BCUT2D eigenvalue weighted by atomic mass is 10.1. The largest absolute Gasteiger partial charge is 0.478 e. The summed E-state index contributed by atoms with van der Waals surface area (Å²) in [6.07, 6.45) is 5.01. The van der Waals surface area contributed by atoms with Gasteiger partial charge in [-0.05, 0) is 32.9 Å². The van der Waals surface area contributed by atoms with Gasteiger partial charge in [-0.1, -0.05) is 6.42 Å². The van der Waals surface area contributed by atoms with Crippen molar-refractivity contribution in [3.8, 4) is 0 Å². The summed E-state index contributed by atoms with van der Waals surface area (Å²) < 4.78 is 1.34. The van der Waals surface area contributed by atoms with Crippen LogP contribution in [0.4, 0.5) is 0 Å². The van der Waals surface area contributed by atoms with E-state index in [-0.39, 0.29) is 17.3 Å². The highest BCUT2D eigenvalue weighted by Gasteiger charge is 2.23. The Balaban J connectivity index is 1.95. The Morgan fingerprint density at radius 2 is 2.05 bits per heavy atom. The molecule has 2 N–H and O–H groups in total. The molecular formula is C14H22N4O3. The van der Waals surface area contributed by atoms with Gasteiger partial charge in [-0.3, -0.25) is 9.48 Å². The van der Waals surface area contributed by atoms with E-state index in [1.807, 2.05) is 6.92 Å². The number of aryl methyl sites for hydroxylation is 1. The lowest BCUT2D eigenvalue weighted by molar-refractivity contribution is 0.0690. The molecule has 0 bridgehead atoms. The number of rotatable bonds is 5. The van der Waals surface area contributed by atoms with Crippen LogP contribution in [0.25, 0.3) is 0 Å². The zero-order valence-electron chi connectivity index (χ0n) is 12.5. The van der Waals surface area contributed by atoms with Crippen molar-refractivity contribution in [2.45, 2.75) is 32.2 Å². The highest BCUT2D eigenvalue weighted by atomic mass is 16.4. The number of aromatic carboxylic acids is 1. The molecular weight excluding hydrogens is 272 g/mol. The maximum atomic E-state index is 12.2. The lowest BCUT2D eigenvalue weighted by Crippen LogP contribution is -2.44. The number of amides is 1. The number of hydrogen-bond donors (Lipinski definition) is 2. The molecule has 0 saturated carbocycles. The normalized spacial score (nSPS) is 17.4. The number of carbonyl (C=O) groups is 2. The van der Waals surface area contributed by atoms with Crippen molar-refractivity contribution >= 4 is 11.9 Å². The highest BCUT2D eigenvalue weighted by molar-refractivity contribution is 6.03. The van der Waals surface area contributed by atoms with Crippen LogP contribution in [-0.4, -0.2) is 57.3 Å². The fourth-order valence-corrected chi connectivity index (χ4v) is 2.68. The summed E-state index contributed by atoms with van der Waals surface area (Å²) in [5.41, 5.74) is -0.101. The van der Waals surface area contributed by atoms with E-state index in [0.717, 1.165) is 19.6 Å². The average Bonchev–Trinajstić information content (AvgIpc) is 2.82. The first-order valence-electron chi connectivity index (χ1n) is 7.27. The standard InChI is InChI=1S/C14H22N4O3/c1-10(8-18-6-4-3-5-7-18)15-13(19)12-11(14(20)21)9-17(2)16-12/h9-10H,3-8H2,1-2H3,(H,15,19)(H,20,21)/t10-/m0/s1. The first kappa shape index (κ1) is 15.5. The van der Waals surface area contributed by atoms with E-state index in [2.05, 4.69) is 15.3 Å². The van der Waals surface area contributed by atoms with E-state index in [0.29, 0.717) is 0 Å². The van der Waals surface area contributed by atoms with Crippen LogP contribution in [0.5, 0.6) is 0 Å². The molecule has 1 fully saturated rings. The number of aromatic nitrogens is 2. The molecule has 1 aromatic rings. The Hall–Kier alpha value is -1.89. The summed E-state index contributed by atoms with van der Waals surface area (Å²) in [4.78, 5) is 25.6. The maximum Gasteiger partial charge on any atom is 0.339 e. The van der Waals surface area contributed by atoms with E-state index >= 15 is 0 Å². The number of carboxylic acid groups (broad SMARTS) is 1. The summed E-state index contributed by atoms with van der Waals surface area (Å²) in [6, 6.07) is -0.0424. The minimum Gasteiger partial charge on any atom is -0.478 e. The number of piperidine rings is 1. The Kier molecular flexibility index (Phi) is 4.95. The van der Waals surface area contributed by atoms with Gasteiger partial charge in [-0.2, -0.15) is 5.10 Å². The first-order valence-corrected chi connectivity index (χ1v) is 7.27. The smallest absolute Gasteiger partial charge is 0.339 e. The molecule has 0 aromatic carbocycles. The third-order valence-corrected chi connectivity index (χ3v) is 3.63. The molecule has 0 radical (unpaired) electrons. The van der Waals surface area contributed by atoms with Crippen molar-refractivity contribution in [3.05, 3.63) is 17.5 Å². The molecule has 1 aromatic heterocycles. The summed E-state index contributed by atoms with van der Waals surface area (Å²) in [5, 5.41) is 15.9. The van der Waals surface area contributed by atoms with Crippen LogP contribution < -0.4 is 5.32 Å². The van der Waals surface area contributed by atoms with Gasteiger partial charge in [0.15, 0.2) is 5.69 Å². The first-order chi connectivity index (χ1) is 9.97. The molecule has 116 valence electrons. The predicted molar refractivity (Wildman–Crippen MR) is 77.4 cm³/mol. The minimum atomic E-state index is -1.14. The summed E-state index contributed by atoms with van der Waals surface area (Å²) in [5.74, 6) is -1.57. The second-order valence-electron chi connectivity index (χ2n) is 5.61. The van der Waals surface area contributed by atoms with Crippen molar-refractivity contribution in [1.82, 2.24) is 20.0 Å². The van der Waals surface area contributed by atoms with Crippen molar-refractivity contribution in [2.24, 2.45) is 7.05 Å². The van der Waals surface area contributed by atoms with E-state index in [9.17, 15) is 9.59 Å². The average molecular weight is 294 g/mol. The Morgan fingerprint density at radius 3 is 2.67 bits per heavy atom. The summed E-state index contributed by atoms with van der Waals surface area (Å²) >= 11 is 0. The Bertz CT molecular complexity index is 520. The van der Waals surface area contributed by atoms with Gasteiger partial charge in [0, 0.05) is 25.8 Å². The van der Waals surface area contributed by atoms with Gasteiger partial charge < -0.3 is 15.3 Å². The lowest BCUT2D eigenvalue weighted by Gasteiger charge is -2.29.